The van der Waals surface area contributed by atoms with E-state index in [1.54, 1.807) is 17.5 Å². The lowest BCUT2D eigenvalue weighted by molar-refractivity contribution is 0.422. The minimum Gasteiger partial charge on any atom is -0.246 e. The molecule has 0 aliphatic carbocycles. The third-order valence-electron chi connectivity index (χ3n) is 5.20. The topological polar surface area (TPSA) is 46.1 Å². The van der Waals surface area contributed by atoms with E-state index in [-0.39, 0.29) is 0 Å². The van der Waals surface area contributed by atoms with Gasteiger partial charge in [0.2, 0.25) is 0 Å². The Morgan fingerprint density at radius 3 is 2.39 bits per heavy atom. The average molecular weight is 456 g/mol. The maximum atomic E-state index is 13.4. The van der Waals surface area contributed by atoms with Gasteiger partial charge in [-0.2, -0.15) is 0 Å². The van der Waals surface area contributed by atoms with E-state index < -0.39 is 11.0 Å². The van der Waals surface area contributed by atoms with E-state index >= 15 is 0 Å². The van der Waals surface area contributed by atoms with E-state index in [0.717, 1.165) is 71.9 Å². The predicted molar refractivity (Wildman–Crippen MR) is 133 cm³/mol. The second kappa shape index (κ2) is 11.7. The van der Waals surface area contributed by atoms with Crippen molar-refractivity contribution in [2.45, 2.75) is 64.8 Å². The molecule has 6 heteroatoms. The van der Waals surface area contributed by atoms with Gasteiger partial charge in [0, 0.05) is 24.8 Å². The first-order valence-corrected chi connectivity index (χ1v) is 13.2. The van der Waals surface area contributed by atoms with Gasteiger partial charge in [0.25, 0.3) is 0 Å². The van der Waals surface area contributed by atoms with Gasteiger partial charge in [0.15, 0.2) is 0 Å². The summed E-state index contributed by atoms with van der Waals surface area (Å²) >= 11 is 1.72. The molecule has 0 spiro atoms. The molecule has 1 atom stereocenters. The molecule has 1 aromatic carbocycles. The van der Waals surface area contributed by atoms with Crippen LogP contribution in [0.4, 0.5) is 0 Å². The summed E-state index contributed by atoms with van der Waals surface area (Å²) in [6.07, 6.45) is 6.95. The summed E-state index contributed by atoms with van der Waals surface area (Å²) in [6, 6.07) is 12.5. The lowest BCUT2D eigenvalue weighted by atomic mass is 10.1. The van der Waals surface area contributed by atoms with Gasteiger partial charge in [0.05, 0.1) is 15.6 Å². The van der Waals surface area contributed by atoms with Crippen LogP contribution in [0.3, 0.4) is 0 Å². The molecule has 0 bridgehead atoms. The largest absolute Gasteiger partial charge is 0.246 e. The molecule has 166 valence electrons. The number of rotatable bonds is 11. The molecule has 3 aromatic rings. The molecule has 31 heavy (non-hydrogen) atoms. The highest BCUT2D eigenvalue weighted by Crippen LogP contribution is 2.37. The predicted octanol–water partition coefficient (Wildman–Crippen LogP) is 6.67. The van der Waals surface area contributed by atoms with Gasteiger partial charge in [-0.15, -0.1) is 11.3 Å². The van der Waals surface area contributed by atoms with Crippen molar-refractivity contribution in [2.24, 2.45) is 0 Å². The van der Waals surface area contributed by atoms with Gasteiger partial charge in [-0.1, -0.05) is 57.4 Å². The third-order valence-corrected chi connectivity index (χ3v) is 7.86. The van der Waals surface area contributed by atoms with Crippen LogP contribution in [-0.2, 0) is 17.4 Å². The smallest absolute Gasteiger partial charge is 0.146 e. The molecule has 3 rings (SSSR count). The second-order valence-electron chi connectivity index (χ2n) is 7.78. The molecule has 0 fully saturated rings. The molecule has 2 heterocycles. The minimum atomic E-state index is -1.25. The molecule has 0 N–H and O–H groups in total. The van der Waals surface area contributed by atoms with Crippen LogP contribution in [0, 0.1) is 6.92 Å². The van der Waals surface area contributed by atoms with E-state index in [4.69, 9.17) is 4.98 Å². The molecule has 0 radical (unpaired) electrons. The van der Waals surface area contributed by atoms with E-state index in [2.05, 4.69) is 61.2 Å². The lowest BCUT2D eigenvalue weighted by Crippen LogP contribution is -2.28. The van der Waals surface area contributed by atoms with Crippen molar-refractivity contribution >= 4 is 22.3 Å². The van der Waals surface area contributed by atoms with Crippen LogP contribution in [0.2, 0.25) is 0 Å². The van der Waals surface area contributed by atoms with E-state index in [1.165, 1.54) is 5.56 Å². The summed E-state index contributed by atoms with van der Waals surface area (Å²) in [5, 5.41) is 1.74. The quantitative estimate of drug-likeness (QED) is 0.324. The molecule has 0 saturated carbocycles. The van der Waals surface area contributed by atoms with Crippen molar-refractivity contribution in [1.29, 1.82) is 0 Å². The zero-order chi connectivity index (χ0) is 22.2. The monoisotopic (exact) mass is 455 g/mol. The zero-order valence-electron chi connectivity index (χ0n) is 19.1. The van der Waals surface area contributed by atoms with Gasteiger partial charge in [-0.3, -0.25) is 0 Å². The number of aromatic nitrogens is 2. The molecule has 0 aliphatic heterocycles. The Hall–Kier alpha value is -1.89. The zero-order valence-corrected chi connectivity index (χ0v) is 20.7. The van der Waals surface area contributed by atoms with Gasteiger partial charge in [-0.05, 0) is 49.9 Å². The lowest BCUT2D eigenvalue weighted by Gasteiger charge is -2.20. The Morgan fingerprint density at radius 2 is 1.74 bits per heavy atom. The molecule has 1 unspecified atom stereocenters. The van der Waals surface area contributed by atoms with E-state index in [1.807, 2.05) is 12.1 Å². The maximum Gasteiger partial charge on any atom is 0.146 e. The molecular formula is C25H33N3OS2. The van der Waals surface area contributed by atoms with Crippen LogP contribution in [-0.4, -0.2) is 31.6 Å². The van der Waals surface area contributed by atoms with Crippen molar-refractivity contribution in [3.8, 4) is 21.7 Å². The number of benzene rings is 1. The van der Waals surface area contributed by atoms with Gasteiger partial charge >= 0.3 is 0 Å². The standard InChI is InChI=1S/C25H33N3OS2/c1-5-8-15-28(16-9-6-2)31(29)23-18-21(13-14-26-23)25-24(27-22(7-3)30-25)20-12-10-11-19(4)17-20/h10-14,17-18H,5-9,15-16H2,1-4H3. The molecule has 4 nitrogen and oxygen atoms in total. The Labute approximate surface area is 193 Å². The SMILES string of the molecule is CCCCN(CCCC)S(=O)c1cc(-c2sc(CC)nc2-c2cccc(C)c2)ccn1. The highest BCUT2D eigenvalue weighted by molar-refractivity contribution is 7.82. The molecule has 0 aliphatic rings. The number of unbranched alkanes of at least 4 members (excludes halogenated alkanes) is 2. The summed E-state index contributed by atoms with van der Waals surface area (Å²) in [6.45, 7) is 10.2. The number of hydrogen-bond donors (Lipinski definition) is 0. The van der Waals surface area contributed by atoms with E-state index in [9.17, 15) is 4.21 Å². The summed E-state index contributed by atoms with van der Waals surface area (Å²) in [5.41, 5.74) is 4.38. The van der Waals surface area contributed by atoms with Crippen molar-refractivity contribution in [2.75, 3.05) is 13.1 Å². The van der Waals surface area contributed by atoms with Gasteiger partial charge < -0.3 is 0 Å². The highest BCUT2D eigenvalue weighted by atomic mass is 32.2. The first-order chi connectivity index (χ1) is 15.1. The Balaban J connectivity index is 1.97. The summed E-state index contributed by atoms with van der Waals surface area (Å²) < 4.78 is 15.4. The normalized spacial score (nSPS) is 12.4. The van der Waals surface area contributed by atoms with Crippen molar-refractivity contribution in [3.05, 3.63) is 53.2 Å². The second-order valence-corrected chi connectivity index (χ2v) is 10.3. The average Bonchev–Trinajstić information content (AvgIpc) is 3.24. The van der Waals surface area contributed by atoms with Crippen molar-refractivity contribution in [3.63, 3.8) is 0 Å². The molecule has 0 saturated heterocycles. The number of pyridine rings is 1. The van der Waals surface area contributed by atoms with Crippen LogP contribution in [0.25, 0.3) is 21.7 Å². The van der Waals surface area contributed by atoms with Gasteiger partial charge in [-0.25, -0.2) is 18.5 Å². The molecular weight excluding hydrogens is 422 g/mol. The maximum absolute atomic E-state index is 13.4. The Bertz CT molecular complexity index is 1010. The Kier molecular flexibility index (Phi) is 8.93. The third kappa shape index (κ3) is 6.09. The minimum absolute atomic E-state index is 0.631. The van der Waals surface area contributed by atoms with Crippen LogP contribution in [0.1, 0.15) is 57.0 Å². The summed E-state index contributed by atoms with van der Waals surface area (Å²) in [5.74, 6) is 0. The first kappa shape index (κ1) is 23.8. The highest BCUT2D eigenvalue weighted by Gasteiger charge is 2.19. The van der Waals surface area contributed by atoms with Crippen LogP contribution in [0.5, 0.6) is 0 Å². The van der Waals surface area contributed by atoms with Crippen molar-refractivity contribution in [1.82, 2.24) is 14.3 Å². The summed E-state index contributed by atoms with van der Waals surface area (Å²) in [4.78, 5) is 10.5. The first-order valence-electron chi connectivity index (χ1n) is 11.3. The molecule has 0 amide bonds. The van der Waals surface area contributed by atoms with Crippen LogP contribution < -0.4 is 0 Å². The fraction of sp³-hybridized carbons (Fsp3) is 0.440. The number of thiazole rings is 1. The number of aryl methyl sites for hydroxylation is 2. The van der Waals surface area contributed by atoms with Crippen LogP contribution in [0.15, 0.2) is 47.6 Å². The fourth-order valence-electron chi connectivity index (χ4n) is 3.42. The number of hydrogen-bond acceptors (Lipinski definition) is 4. The summed E-state index contributed by atoms with van der Waals surface area (Å²) in [7, 11) is -1.25. The number of nitrogens with zero attached hydrogens (tertiary/aromatic N) is 3. The Morgan fingerprint density at radius 1 is 1.00 bits per heavy atom. The molecule has 2 aromatic heterocycles. The van der Waals surface area contributed by atoms with Gasteiger partial charge in [0.1, 0.15) is 16.0 Å². The van der Waals surface area contributed by atoms with Crippen LogP contribution >= 0.6 is 11.3 Å². The fourth-order valence-corrected chi connectivity index (χ4v) is 5.68. The van der Waals surface area contributed by atoms with E-state index in [0.29, 0.717) is 5.03 Å². The van der Waals surface area contributed by atoms with Crippen molar-refractivity contribution < 1.29 is 4.21 Å².